The zero-order chi connectivity index (χ0) is 21.5. The van der Waals surface area contributed by atoms with Crippen molar-refractivity contribution in [1.29, 1.82) is 0 Å². The van der Waals surface area contributed by atoms with E-state index in [2.05, 4.69) is 64.3 Å². The van der Waals surface area contributed by atoms with Crippen LogP contribution in [0.25, 0.3) is 0 Å². The summed E-state index contributed by atoms with van der Waals surface area (Å²) in [6.45, 7) is 14.0. The van der Waals surface area contributed by atoms with Gasteiger partial charge < -0.3 is 4.43 Å². The largest absolute Gasteiger partial charge is 0.413 e. The van der Waals surface area contributed by atoms with Gasteiger partial charge >= 0.3 is 0 Å². The molecule has 0 aromatic carbocycles. The van der Waals surface area contributed by atoms with Gasteiger partial charge in [0, 0.05) is 12.3 Å². The third-order valence-corrected chi connectivity index (χ3v) is 15.2. The Kier molecular flexibility index (Phi) is 10.2. The Morgan fingerprint density at radius 3 is 2.38 bits per heavy atom. The highest BCUT2D eigenvalue weighted by Gasteiger charge is 2.46. The lowest BCUT2D eigenvalue weighted by Crippen LogP contribution is -2.49. The van der Waals surface area contributed by atoms with Crippen molar-refractivity contribution >= 4 is 37.6 Å². The normalized spacial score (nSPS) is 24.5. The second-order valence-electron chi connectivity index (χ2n) is 10.7. The van der Waals surface area contributed by atoms with Gasteiger partial charge in [0.1, 0.15) is 5.78 Å². The molecule has 0 unspecified atom stereocenters. The molecule has 0 spiro atoms. The average Bonchev–Trinajstić information content (AvgIpc) is 2.65. The fourth-order valence-electron chi connectivity index (χ4n) is 4.33. The summed E-state index contributed by atoms with van der Waals surface area (Å²) in [5.74, 6) is 3.15. The molecule has 29 heavy (non-hydrogen) atoms. The fourth-order valence-corrected chi connectivity index (χ4v) is 9.17. The van der Waals surface area contributed by atoms with Crippen molar-refractivity contribution < 1.29 is 9.22 Å². The first kappa shape index (κ1) is 25.8. The van der Waals surface area contributed by atoms with Crippen LogP contribution in [0.4, 0.5) is 0 Å². The lowest BCUT2D eigenvalue weighted by atomic mass is 9.82. The van der Waals surface area contributed by atoms with E-state index in [0.29, 0.717) is 5.78 Å². The number of hydrogen-bond acceptors (Lipinski definition) is 4. The van der Waals surface area contributed by atoms with Gasteiger partial charge in [-0.25, -0.2) is 0 Å². The van der Waals surface area contributed by atoms with E-state index in [0.717, 1.165) is 25.7 Å². The van der Waals surface area contributed by atoms with E-state index < -0.39 is 8.32 Å². The number of carbonyl (C=O) groups excluding carboxylic acids is 1. The van der Waals surface area contributed by atoms with Crippen LogP contribution in [0.15, 0.2) is 0 Å². The zero-order valence-electron chi connectivity index (χ0n) is 20.0. The number of hydrogen-bond donors (Lipinski definition) is 0. The van der Waals surface area contributed by atoms with Gasteiger partial charge in [0.15, 0.2) is 8.32 Å². The van der Waals surface area contributed by atoms with Gasteiger partial charge in [-0.3, -0.25) is 4.79 Å². The minimum absolute atomic E-state index is 0.118. The predicted molar refractivity (Wildman–Crippen MR) is 135 cm³/mol. The number of carbonyl (C=O) groups is 1. The lowest BCUT2D eigenvalue weighted by molar-refractivity contribution is -0.128. The Labute approximate surface area is 190 Å². The molecule has 2 atom stereocenters. The molecule has 0 aromatic heterocycles. The van der Waals surface area contributed by atoms with Gasteiger partial charge in [0.2, 0.25) is 0 Å². The first-order valence-electron chi connectivity index (χ1n) is 12.1. The SMILES string of the molecule is CCCCCCC1(C[C@H](O[Si](C)(C)C(C)(C)C)[C@@H]2CCCCC2=O)SCCCS1. The Morgan fingerprint density at radius 1 is 1.10 bits per heavy atom. The van der Waals surface area contributed by atoms with Crippen LogP contribution in [0, 0.1) is 5.92 Å². The van der Waals surface area contributed by atoms with Gasteiger partial charge in [-0.2, -0.15) is 0 Å². The van der Waals surface area contributed by atoms with E-state index in [4.69, 9.17) is 4.43 Å². The van der Waals surface area contributed by atoms with Crippen LogP contribution in [0.3, 0.4) is 0 Å². The highest BCUT2D eigenvalue weighted by atomic mass is 32.2. The van der Waals surface area contributed by atoms with Crippen molar-refractivity contribution in [2.24, 2.45) is 5.92 Å². The Balaban J connectivity index is 2.21. The first-order valence-corrected chi connectivity index (χ1v) is 17.0. The van der Waals surface area contributed by atoms with Gasteiger partial charge in [0.05, 0.1) is 10.2 Å². The second kappa shape index (κ2) is 11.4. The highest BCUT2D eigenvalue weighted by Crippen LogP contribution is 2.51. The Morgan fingerprint density at radius 2 is 1.79 bits per heavy atom. The van der Waals surface area contributed by atoms with Gasteiger partial charge in [-0.1, -0.05) is 59.8 Å². The monoisotopic (exact) mass is 458 g/mol. The third-order valence-electron chi connectivity index (χ3n) is 7.25. The molecule has 1 aliphatic carbocycles. The maximum atomic E-state index is 12.9. The maximum Gasteiger partial charge on any atom is 0.192 e. The molecule has 1 aliphatic heterocycles. The molecule has 1 heterocycles. The molecular weight excluding hydrogens is 412 g/mol. The average molecular weight is 459 g/mol. The van der Waals surface area contributed by atoms with Gasteiger partial charge in [-0.05, 0) is 61.7 Å². The van der Waals surface area contributed by atoms with E-state index in [1.54, 1.807) is 0 Å². The summed E-state index contributed by atoms with van der Waals surface area (Å²) in [5, 5.41) is 0.185. The van der Waals surface area contributed by atoms with Crippen LogP contribution in [0.2, 0.25) is 18.1 Å². The van der Waals surface area contributed by atoms with Crippen LogP contribution in [-0.4, -0.2) is 35.8 Å². The number of ketones is 1. The summed E-state index contributed by atoms with van der Waals surface area (Å²) in [6.07, 6.45) is 13.2. The van der Waals surface area contributed by atoms with E-state index >= 15 is 0 Å². The molecular formula is C24H46O2S2Si. The molecule has 2 nitrogen and oxygen atoms in total. The molecule has 0 amide bonds. The summed E-state index contributed by atoms with van der Waals surface area (Å²) in [5.41, 5.74) is 0. The van der Waals surface area contributed by atoms with Crippen molar-refractivity contribution in [3.63, 3.8) is 0 Å². The molecule has 2 fully saturated rings. The van der Waals surface area contributed by atoms with Crippen molar-refractivity contribution in [2.75, 3.05) is 11.5 Å². The van der Waals surface area contributed by atoms with E-state index in [1.165, 1.54) is 56.5 Å². The smallest absolute Gasteiger partial charge is 0.192 e. The van der Waals surface area contributed by atoms with E-state index in [9.17, 15) is 4.79 Å². The third kappa shape index (κ3) is 7.57. The summed E-state index contributed by atoms with van der Waals surface area (Å²) in [4.78, 5) is 12.9. The second-order valence-corrected chi connectivity index (χ2v) is 18.7. The molecule has 0 aromatic rings. The number of Topliss-reactive ketones (excluding diaryl/α,β-unsaturated/α-hetero) is 1. The quantitative estimate of drug-likeness (QED) is 0.244. The molecule has 170 valence electrons. The molecule has 1 saturated heterocycles. The van der Waals surface area contributed by atoms with Crippen molar-refractivity contribution in [1.82, 2.24) is 0 Å². The molecule has 0 radical (unpaired) electrons. The van der Waals surface area contributed by atoms with Crippen LogP contribution in [-0.2, 0) is 9.22 Å². The number of thioether (sulfide) groups is 2. The lowest BCUT2D eigenvalue weighted by Gasteiger charge is -2.46. The maximum absolute atomic E-state index is 12.9. The van der Waals surface area contributed by atoms with E-state index in [-0.39, 0.29) is 21.1 Å². The highest BCUT2D eigenvalue weighted by molar-refractivity contribution is 8.18. The summed E-state index contributed by atoms with van der Waals surface area (Å²) >= 11 is 4.37. The molecule has 5 heteroatoms. The summed E-state index contributed by atoms with van der Waals surface area (Å²) < 4.78 is 7.32. The van der Waals surface area contributed by atoms with Crippen LogP contribution in [0.5, 0.6) is 0 Å². The number of rotatable bonds is 10. The van der Waals surface area contributed by atoms with Gasteiger partial charge in [0.25, 0.3) is 0 Å². The predicted octanol–water partition coefficient (Wildman–Crippen LogP) is 8.06. The zero-order valence-corrected chi connectivity index (χ0v) is 22.6. The van der Waals surface area contributed by atoms with Crippen LogP contribution in [0.1, 0.15) is 98.3 Å². The van der Waals surface area contributed by atoms with Crippen LogP contribution >= 0.6 is 23.5 Å². The number of unbranched alkanes of at least 4 members (excludes halogenated alkanes) is 3. The summed E-state index contributed by atoms with van der Waals surface area (Å²) in [7, 11) is -1.91. The van der Waals surface area contributed by atoms with Crippen molar-refractivity contribution in [3.8, 4) is 0 Å². The topological polar surface area (TPSA) is 26.3 Å². The van der Waals surface area contributed by atoms with Crippen LogP contribution < -0.4 is 0 Å². The molecule has 0 bridgehead atoms. The van der Waals surface area contributed by atoms with E-state index in [1.807, 2.05) is 0 Å². The molecule has 0 N–H and O–H groups in total. The Bertz CT molecular complexity index is 510. The first-order chi connectivity index (χ1) is 13.6. The minimum Gasteiger partial charge on any atom is -0.413 e. The molecule has 2 aliphatic rings. The van der Waals surface area contributed by atoms with Crippen molar-refractivity contribution in [3.05, 3.63) is 0 Å². The standard InChI is InChI=1S/C24H46O2S2Si/c1-7-8-9-12-16-24(27-17-13-18-28-24)19-22(20-14-10-11-15-21(20)25)26-29(5,6)23(2,3)4/h20,22H,7-19H2,1-6H3/t20-,22+/m1/s1. The molecule has 1 saturated carbocycles. The fraction of sp³-hybridized carbons (Fsp3) is 0.958. The van der Waals surface area contributed by atoms with Crippen molar-refractivity contribution in [2.45, 2.75) is 127 Å². The molecule has 2 rings (SSSR count). The Hall–Kier alpha value is 0.547. The van der Waals surface area contributed by atoms with Gasteiger partial charge in [-0.15, -0.1) is 23.5 Å². The summed E-state index contributed by atoms with van der Waals surface area (Å²) in [6, 6.07) is 0. The minimum atomic E-state index is -1.91.